The van der Waals surface area contributed by atoms with E-state index in [1.165, 1.54) is 32.1 Å². The molecule has 2 aromatic carbocycles. The highest BCUT2D eigenvalue weighted by Gasteiger charge is 2.35. The summed E-state index contributed by atoms with van der Waals surface area (Å²) in [6, 6.07) is 13.0. The van der Waals surface area contributed by atoms with Crippen molar-refractivity contribution >= 4 is 17.1 Å². The number of hydrogen-bond donors (Lipinski definition) is 2. The van der Waals surface area contributed by atoms with Crippen molar-refractivity contribution in [2.45, 2.75) is 65.5 Å². The number of ether oxygens (including phenoxy) is 1. The summed E-state index contributed by atoms with van der Waals surface area (Å²) in [7, 11) is 0. The van der Waals surface area contributed by atoms with E-state index in [1.54, 1.807) is 0 Å². The van der Waals surface area contributed by atoms with Crippen LogP contribution >= 0.6 is 0 Å². The Hall–Kier alpha value is -3.02. The molecule has 1 aliphatic heterocycles. The van der Waals surface area contributed by atoms with Gasteiger partial charge in [0.1, 0.15) is 18.2 Å². The molecule has 0 saturated heterocycles. The first-order valence-corrected chi connectivity index (χ1v) is 12.4. The quantitative estimate of drug-likeness (QED) is 0.489. The van der Waals surface area contributed by atoms with Gasteiger partial charge in [0.2, 0.25) is 0 Å². The Morgan fingerprint density at radius 2 is 1.97 bits per heavy atom. The van der Waals surface area contributed by atoms with Crippen molar-refractivity contribution in [3.05, 3.63) is 47.8 Å². The highest BCUT2D eigenvalue weighted by molar-refractivity contribution is 5.82. The van der Waals surface area contributed by atoms with E-state index < -0.39 is 0 Å². The minimum Gasteiger partial charge on any atom is -0.491 e. The zero-order valence-corrected chi connectivity index (χ0v) is 19.3. The van der Waals surface area contributed by atoms with Crippen LogP contribution in [-0.2, 0) is 6.54 Å². The maximum absolute atomic E-state index is 13.2. The van der Waals surface area contributed by atoms with Gasteiger partial charge in [0.05, 0.1) is 24.1 Å². The molecule has 3 aliphatic rings. The van der Waals surface area contributed by atoms with Crippen molar-refractivity contribution in [1.29, 1.82) is 0 Å². The first-order chi connectivity index (χ1) is 16.1. The zero-order chi connectivity index (χ0) is 22.4. The van der Waals surface area contributed by atoms with Gasteiger partial charge in [-0.25, -0.2) is 9.78 Å². The number of aryl methyl sites for hydroxylation is 1. The van der Waals surface area contributed by atoms with E-state index in [0.717, 1.165) is 51.6 Å². The van der Waals surface area contributed by atoms with E-state index >= 15 is 0 Å². The van der Waals surface area contributed by atoms with Crippen LogP contribution in [0.25, 0.3) is 22.2 Å². The van der Waals surface area contributed by atoms with Crippen molar-refractivity contribution in [3.63, 3.8) is 0 Å². The molecule has 2 N–H and O–H groups in total. The lowest BCUT2D eigenvalue weighted by molar-refractivity contribution is 0.132. The molecule has 180 valence electrons. The maximum Gasteiger partial charge on any atom is 0.318 e. The largest absolute Gasteiger partial charge is 0.491 e. The number of amides is 2. The van der Waals surface area contributed by atoms with Crippen molar-refractivity contribution in [3.8, 4) is 16.9 Å². The highest BCUT2D eigenvalue weighted by Crippen LogP contribution is 2.40. The average Bonchev–Trinajstić information content (AvgIpc) is 3.06. The van der Waals surface area contributed by atoms with Crippen molar-refractivity contribution in [2.75, 3.05) is 13.2 Å². The van der Waals surface area contributed by atoms with Crippen LogP contribution in [0.2, 0.25) is 0 Å². The van der Waals surface area contributed by atoms with Gasteiger partial charge < -0.3 is 19.9 Å². The Morgan fingerprint density at radius 1 is 1.12 bits per heavy atom. The van der Waals surface area contributed by atoms with Crippen molar-refractivity contribution in [2.24, 2.45) is 11.8 Å². The molecule has 6 heteroatoms. The van der Waals surface area contributed by atoms with E-state index in [9.17, 15) is 4.79 Å². The standard InChI is InChI=1S/C27H32N4O2.CH4/c1-17-28-24-9-6-20(15-25(24)29-17)19-7-10-26-22(14-19)16-31(11-12-33-26)27(32)30-23-8-5-18-3-2-4-21(23)13-18;/h6-7,9-10,14-15,18,21,23H,2-5,8,11-13,16H2,1H3,(H,28,29)(H,30,32);1H4/t18-,21-,23?;/m1./s1. The van der Waals surface area contributed by atoms with Gasteiger partial charge in [-0.15, -0.1) is 0 Å². The molecule has 0 spiro atoms. The van der Waals surface area contributed by atoms with Crippen LogP contribution in [0.15, 0.2) is 36.4 Å². The van der Waals surface area contributed by atoms with Gasteiger partial charge in [0.25, 0.3) is 0 Å². The molecule has 2 amide bonds. The SMILES string of the molecule is C.Cc1nc2ccc(-c3ccc4c(c3)CN(C(=O)NC3CC[C@H]5CCC[C@@H]3C5)CCO4)cc2[nH]1. The number of nitrogens with zero attached hydrogens (tertiary/aromatic N) is 2. The number of fused-ring (bicyclic) bond motifs is 4. The Bertz CT molecular complexity index is 1190. The van der Waals surface area contributed by atoms with Gasteiger partial charge in [-0.1, -0.05) is 32.4 Å². The summed E-state index contributed by atoms with van der Waals surface area (Å²) in [6.45, 7) is 3.67. The first-order valence-electron chi connectivity index (χ1n) is 12.4. The van der Waals surface area contributed by atoms with Crippen LogP contribution in [-0.4, -0.2) is 40.1 Å². The zero-order valence-electron chi connectivity index (χ0n) is 19.3. The Balaban J connectivity index is 0.00000241. The fourth-order valence-corrected chi connectivity index (χ4v) is 6.12. The number of nitrogens with one attached hydrogen (secondary N) is 2. The summed E-state index contributed by atoms with van der Waals surface area (Å²) in [5, 5.41) is 3.39. The molecule has 1 unspecified atom stereocenters. The summed E-state index contributed by atoms with van der Waals surface area (Å²) < 4.78 is 6.01. The van der Waals surface area contributed by atoms with Gasteiger partial charge in [-0.2, -0.15) is 0 Å². The molecule has 0 radical (unpaired) electrons. The molecule has 2 fully saturated rings. The van der Waals surface area contributed by atoms with Crippen LogP contribution in [0.1, 0.15) is 57.3 Å². The van der Waals surface area contributed by atoms with E-state index in [0.29, 0.717) is 31.7 Å². The fraction of sp³-hybridized carbons (Fsp3) is 0.500. The molecule has 6 nitrogen and oxygen atoms in total. The molecular formula is C28H36N4O2. The molecule has 34 heavy (non-hydrogen) atoms. The number of rotatable bonds is 2. The highest BCUT2D eigenvalue weighted by atomic mass is 16.5. The number of carbonyl (C=O) groups is 1. The maximum atomic E-state index is 13.2. The van der Waals surface area contributed by atoms with Gasteiger partial charge in [-0.05, 0) is 79.8 Å². The Labute approximate surface area is 202 Å². The first kappa shape index (κ1) is 22.8. The number of aromatic nitrogens is 2. The predicted octanol–water partition coefficient (Wildman–Crippen LogP) is 6.05. The summed E-state index contributed by atoms with van der Waals surface area (Å²) in [5.41, 5.74) is 5.32. The van der Waals surface area contributed by atoms with E-state index in [-0.39, 0.29) is 13.5 Å². The second kappa shape index (κ2) is 9.32. The molecular weight excluding hydrogens is 424 g/mol. The molecule has 3 atom stereocenters. The van der Waals surface area contributed by atoms with E-state index in [4.69, 9.17) is 4.74 Å². The summed E-state index contributed by atoms with van der Waals surface area (Å²) in [4.78, 5) is 23.0. The van der Waals surface area contributed by atoms with Crippen molar-refractivity contribution in [1.82, 2.24) is 20.2 Å². The third-order valence-electron chi connectivity index (χ3n) is 7.85. The second-order valence-electron chi connectivity index (χ2n) is 10.1. The Morgan fingerprint density at radius 3 is 2.88 bits per heavy atom. The third kappa shape index (κ3) is 4.38. The van der Waals surface area contributed by atoms with Crippen LogP contribution in [0.5, 0.6) is 5.75 Å². The smallest absolute Gasteiger partial charge is 0.318 e. The number of aromatic amines is 1. The summed E-state index contributed by atoms with van der Waals surface area (Å²) in [5.74, 6) is 3.34. The average molecular weight is 461 g/mol. The van der Waals surface area contributed by atoms with Gasteiger partial charge >= 0.3 is 6.03 Å². The van der Waals surface area contributed by atoms with E-state index in [1.807, 2.05) is 17.9 Å². The topological polar surface area (TPSA) is 70.2 Å². The number of hydrogen-bond acceptors (Lipinski definition) is 3. The molecule has 2 saturated carbocycles. The monoisotopic (exact) mass is 460 g/mol. The lowest BCUT2D eigenvalue weighted by atomic mass is 9.70. The molecule has 2 bridgehead atoms. The van der Waals surface area contributed by atoms with Gasteiger partial charge in [0.15, 0.2) is 0 Å². The second-order valence-corrected chi connectivity index (χ2v) is 10.1. The van der Waals surface area contributed by atoms with Gasteiger partial charge in [-0.3, -0.25) is 0 Å². The number of imidazole rings is 1. The summed E-state index contributed by atoms with van der Waals surface area (Å²) in [6.07, 6.45) is 7.64. The lowest BCUT2D eigenvalue weighted by Crippen LogP contribution is -2.50. The van der Waals surface area contributed by atoms with Crippen LogP contribution in [0, 0.1) is 18.8 Å². The fourth-order valence-electron chi connectivity index (χ4n) is 6.12. The molecule has 1 aromatic heterocycles. The number of benzene rings is 2. The van der Waals surface area contributed by atoms with E-state index in [2.05, 4.69) is 45.6 Å². The number of urea groups is 1. The molecule has 2 heterocycles. The molecule has 3 aromatic rings. The molecule has 6 rings (SSSR count). The third-order valence-corrected chi connectivity index (χ3v) is 7.85. The van der Waals surface area contributed by atoms with Crippen LogP contribution in [0.4, 0.5) is 4.79 Å². The van der Waals surface area contributed by atoms with Crippen LogP contribution < -0.4 is 10.1 Å². The van der Waals surface area contributed by atoms with Crippen molar-refractivity contribution < 1.29 is 9.53 Å². The predicted molar refractivity (Wildman–Crippen MR) is 136 cm³/mol. The Kier molecular flexibility index (Phi) is 6.24. The number of carbonyl (C=O) groups excluding carboxylic acids is 1. The lowest BCUT2D eigenvalue weighted by Gasteiger charge is -2.41. The summed E-state index contributed by atoms with van der Waals surface area (Å²) >= 11 is 0. The van der Waals surface area contributed by atoms with Crippen LogP contribution in [0.3, 0.4) is 0 Å². The minimum absolute atomic E-state index is 0. The molecule has 2 aliphatic carbocycles. The van der Waals surface area contributed by atoms with Gasteiger partial charge in [0, 0.05) is 11.6 Å². The normalized spacial score (nSPS) is 23.9. The number of H-pyrrole nitrogens is 1. The minimum atomic E-state index is 0.